The minimum absolute atomic E-state index is 0. The molecule has 4 heteroatoms. The van der Waals surface area contributed by atoms with Crippen molar-refractivity contribution in [1.82, 2.24) is 0 Å². The molecule has 0 aromatic rings. The van der Waals surface area contributed by atoms with Crippen LogP contribution in [-0.4, -0.2) is 59.6 Å². The smallest absolute Gasteiger partial charge is 0.102 e. The van der Waals surface area contributed by atoms with Gasteiger partial charge in [-0.25, -0.2) is 0 Å². The van der Waals surface area contributed by atoms with Crippen molar-refractivity contribution in [3.63, 3.8) is 0 Å². The molecule has 0 aliphatic rings. The van der Waals surface area contributed by atoms with Gasteiger partial charge in [0.05, 0.1) is 26.3 Å². The zero-order valence-electron chi connectivity index (χ0n) is 10.9. The molecular weight excluding hydrogens is 206 g/mol. The Labute approximate surface area is 99.8 Å². The Balaban J connectivity index is 0. The summed E-state index contributed by atoms with van der Waals surface area (Å²) in [7, 11) is 0. The van der Waals surface area contributed by atoms with E-state index in [9.17, 15) is 0 Å². The third-order valence-corrected chi connectivity index (χ3v) is 3.12. The summed E-state index contributed by atoms with van der Waals surface area (Å²) < 4.78 is 0.898. The zero-order valence-corrected chi connectivity index (χ0v) is 10.9. The van der Waals surface area contributed by atoms with Gasteiger partial charge in [0.25, 0.3) is 0 Å². The van der Waals surface area contributed by atoms with Gasteiger partial charge in [-0.15, -0.1) is 0 Å². The summed E-state index contributed by atoms with van der Waals surface area (Å²) in [6.45, 7) is 8.61. The standard InChI is InChI=1S/C12H28NO2.H2O/c1-3-5-7-13(9-11-14,10-12-15)8-6-4-2;/h14-15H,3-12H2,1-2H3;1H2/q+1;/p-1. The highest BCUT2D eigenvalue weighted by atomic mass is 16.3. The zero-order chi connectivity index (χ0) is 11.6. The molecule has 3 N–H and O–H groups in total. The van der Waals surface area contributed by atoms with E-state index < -0.39 is 0 Å². The Morgan fingerprint density at radius 3 is 1.38 bits per heavy atom. The molecule has 0 unspecified atom stereocenters. The van der Waals surface area contributed by atoms with Crippen molar-refractivity contribution in [3.05, 3.63) is 0 Å². The van der Waals surface area contributed by atoms with Crippen molar-refractivity contribution in [3.8, 4) is 0 Å². The largest absolute Gasteiger partial charge is 0.870 e. The Kier molecular flexibility index (Phi) is 12.9. The van der Waals surface area contributed by atoms with E-state index in [0.717, 1.165) is 30.7 Å². The summed E-state index contributed by atoms with van der Waals surface area (Å²) in [6, 6.07) is 0. The second-order valence-corrected chi connectivity index (χ2v) is 4.39. The highest BCUT2D eigenvalue weighted by molar-refractivity contribution is 4.47. The number of aliphatic hydroxyl groups is 2. The van der Waals surface area contributed by atoms with Crippen molar-refractivity contribution >= 4 is 0 Å². The SMILES string of the molecule is CCCC[N+](CCO)(CCO)CCCC.[OH-]. The minimum atomic E-state index is 0. The molecule has 0 saturated carbocycles. The van der Waals surface area contributed by atoms with Gasteiger partial charge < -0.3 is 20.2 Å². The van der Waals surface area contributed by atoms with E-state index in [-0.39, 0.29) is 18.7 Å². The summed E-state index contributed by atoms with van der Waals surface area (Å²) in [4.78, 5) is 0. The molecule has 0 saturated heterocycles. The van der Waals surface area contributed by atoms with Crippen LogP contribution in [0.2, 0.25) is 0 Å². The van der Waals surface area contributed by atoms with Crippen LogP contribution in [-0.2, 0) is 0 Å². The Bertz CT molecular complexity index is 126. The number of hydrogen-bond donors (Lipinski definition) is 2. The average molecular weight is 235 g/mol. The van der Waals surface area contributed by atoms with Gasteiger partial charge in [0.2, 0.25) is 0 Å². The average Bonchev–Trinajstić information content (AvgIpc) is 2.24. The quantitative estimate of drug-likeness (QED) is 0.559. The molecule has 0 atom stereocenters. The van der Waals surface area contributed by atoms with Crippen molar-refractivity contribution < 1.29 is 20.2 Å². The predicted molar refractivity (Wildman–Crippen MR) is 65.7 cm³/mol. The van der Waals surface area contributed by atoms with E-state index >= 15 is 0 Å². The summed E-state index contributed by atoms with van der Waals surface area (Å²) in [5.74, 6) is 0. The third-order valence-electron chi connectivity index (χ3n) is 3.12. The summed E-state index contributed by atoms with van der Waals surface area (Å²) in [5.41, 5.74) is 0. The lowest BCUT2D eigenvalue weighted by molar-refractivity contribution is -0.929. The van der Waals surface area contributed by atoms with Crippen molar-refractivity contribution in [1.29, 1.82) is 0 Å². The van der Waals surface area contributed by atoms with Crippen LogP contribution < -0.4 is 0 Å². The topological polar surface area (TPSA) is 70.5 Å². The van der Waals surface area contributed by atoms with Crippen LogP contribution in [0.4, 0.5) is 0 Å². The first-order valence-electron chi connectivity index (χ1n) is 6.31. The van der Waals surface area contributed by atoms with Gasteiger partial charge in [-0.05, 0) is 12.8 Å². The highest BCUT2D eigenvalue weighted by Gasteiger charge is 2.24. The molecule has 0 rings (SSSR count). The van der Waals surface area contributed by atoms with Crippen LogP contribution in [0.3, 0.4) is 0 Å². The van der Waals surface area contributed by atoms with E-state index in [2.05, 4.69) is 13.8 Å². The first-order valence-corrected chi connectivity index (χ1v) is 6.31. The van der Waals surface area contributed by atoms with Crippen molar-refractivity contribution in [2.45, 2.75) is 39.5 Å². The first-order chi connectivity index (χ1) is 7.24. The molecule has 4 nitrogen and oxygen atoms in total. The molecular formula is C12H29NO3. The maximum atomic E-state index is 9.13. The summed E-state index contributed by atoms with van der Waals surface area (Å²) in [5, 5.41) is 18.3. The van der Waals surface area contributed by atoms with E-state index in [4.69, 9.17) is 10.2 Å². The van der Waals surface area contributed by atoms with Gasteiger partial charge in [-0.1, -0.05) is 26.7 Å². The molecule has 0 radical (unpaired) electrons. The highest BCUT2D eigenvalue weighted by Crippen LogP contribution is 2.11. The normalized spacial score (nSPS) is 11.2. The molecule has 0 amide bonds. The number of hydrogen-bond acceptors (Lipinski definition) is 3. The van der Waals surface area contributed by atoms with Gasteiger partial charge >= 0.3 is 0 Å². The Morgan fingerprint density at radius 1 is 0.750 bits per heavy atom. The molecule has 0 aliphatic heterocycles. The molecule has 16 heavy (non-hydrogen) atoms. The van der Waals surface area contributed by atoms with Crippen molar-refractivity contribution in [2.75, 3.05) is 39.4 Å². The summed E-state index contributed by atoms with van der Waals surface area (Å²) >= 11 is 0. The third kappa shape index (κ3) is 7.17. The number of rotatable bonds is 10. The molecule has 0 spiro atoms. The fourth-order valence-corrected chi connectivity index (χ4v) is 2.08. The van der Waals surface area contributed by atoms with Gasteiger partial charge in [-0.2, -0.15) is 0 Å². The van der Waals surface area contributed by atoms with Gasteiger partial charge in [0.1, 0.15) is 13.1 Å². The summed E-state index contributed by atoms with van der Waals surface area (Å²) in [6.07, 6.45) is 4.74. The van der Waals surface area contributed by atoms with E-state index in [1.807, 2.05) is 0 Å². The maximum absolute atomic E-state index is 9.13. The Hall–Kier alpha value is -0.160. The molecule has 0 fully saturated rings. The predicted octanol–water partition coefficient (Wildman–Crippen LogP) is 1.21. The van der Waals surface area contributed by atoms with Crippen LogP contribution in [0.15, 0.2) is 0 Å². The van der Waals surface area contributed by atoms with E-state index in [1.165, 1.54) is 25.7 Å². The number of unbranched alkanes of at least 4 members (excludes halogenated alkanes) is 2. The van der Waals surface area contributed by atoms with Crippen LogP contribution in [0, 0.1) is 0 Å². The fourth-order valence-electron chi connectivity index (χ4n) is 2.08. The van der Waals surface area contributed by atoms with Crippen LogP contribution in [0.1, 0.15) is 39.5 Å². The minimum Gasteiger partial charge on any atom is -0.870 e. The first kappa shape index (κ1) is 18.2. The second kappa shape index (κ2) is 11.3. The molecule has 0 aliphatic carbocycles. The molecule has 100 valence electrons. The van der Waals surface area contributed by atoms with E-state index in [1.54, 1.807) is 0 Å². The molecule has 0 bridgehead atoms. The van der Waals surface area contributed by atoms with Gasteiger partial charge in [-0.3, -0.25) is 0 Å². The Morgan fingerprint density at radius 2 is 1.12 bits per heavy atom. The van der Waals surface area contributed by atoms with Crippen LogP contribution in [0.5, 0.6) is 0 Å². The lowest BCUT2D eigenvalue weighted by atomic mass is 10.2. The van der Waals surface area contributed by atoms with Gasteiger partial charge in [0, 0.05) is 0 Å². The maximum Gasteiger partial charge on any atom is 0.102 e. The molecule has 0 heterocycles. The second-order valence-electron chi connectivity index (χ2n) is 4.39. The number of aliphatic hydroxyl groups excluding tert-OH is 2. The van der Waals surface area contributed by atoms with Crippen molar-refractivity contribution in [2.24, 2.45) is 0 Å². The molecule has 0 aromatic heterocycles. The number of nitrogens with zero attached hydrogens (tertiary/aromatic N) is 1. The monoisotopic (exact) mass is 235 g/mol. The lowest BCUT2D eigenvalue weighted by Crippen LogP contribution is -2.52. The number of quaternary nitrogens is 1. The van der Waals surface area contributed by atoms with Crippen LogP contribution in [0.25, 0.3) is 0 Å². The molecule has 0 aromatic carbocycles. The van der Waals surface area contributed by atoms with Crippen LogP contribution >= 0.6 is 0 Å². The van der Waals surface area contributed by atoms with Gasteiger partial charge in [0.15, 0.2) is 0 Å². The lowest BCUT2D eigenvalue weighted by Gasteiger charge is -2.38. The fraction of sp³-hybridized carbons (Fsp3) is 1.00. The van der Waals surface area contributed by atoms with E-state index in [0.29, 0.717) is 0 Å².